The second-order valence-electron chi connectivity index (χ2n) is 19.8. The fourth-order valence-electron chi connectivity index (χ4n) is 9.65. The third-order valence-corrected chi connectivity index (χ3v) is 14.2. The molecule has 0 bridgehead atoms. The number of rotatable bonds is 20. The maximum atomic E-state index is 14.0. The molecule has 6 aromatic rings. The zero-order chi connectivity index (χ0) is 50.4. The molecule has 9 rings (SSSR count). The minimum Gasteiger partial charge on any atom is -0.461 e. The van der Waals surface area contributed by atoms with Crippen LogP contribution in [0, 0.1) is 0 Å². The first-order valence-electron chi connectivity index (χ1n) is 25.1. The molecule has 2 unspecified atom stereocenters. The first-order chi connectivity index (χ1) is 34.8. The zero-order valence-corrected chi connectivity index (χ0v) is 41.9. The number of aliphatic hydroxyl groups is 1. The number of aliphatic hydroxyl groups excluding tert-OH is 1. The molecule has 9 heterocycles. The van der Waals surface area contributed by atoms with Gasteiger partial charge in [0.15, 0.2) is 11.3 Å². The van der Waals surface area contributed by atoms with Crippen LogP contribution in [0.15, 0.2) is 48.8 Å². The molecule has 0 saturated carbocycles. The molecule has 22 heteroatoms. The van der Waals surface area contributed by atoms with Crippen LogP contribution in [0.5, 0.6) is 12.0 Å². The Labute approximate surface area is 418 Å². The number of hydrogen-bond acceptors (Lipinski definition) is 18. The SMILES string of the molecule is COC[C@@H](C)Oc1nc(C(=O)N[C@@H](C)C(C)(C)NCC2CCC(COc3nc(C(=O)N[C@H](C)CO)cc(N4CCC(c5[nH]nc6ncccc56)CC4)n3)O2)cc(N2CCC(c3[nH]nc4ncccc34)CC2)n1. The lowest BCUT2D eigenvalue weighted by Crippen LogP contribution is -2.57. The van der Waals surface area contributed by atoms with E-state index in [0.717, 1.165) is 73.8 Å². The second kappa shape index (κ2) is 22.4. The second-order valence-corrected chi connectivity index (χ2v) is 19.8. The van der Waals surface area contributed by atoms with E-state index in [0.29, 0.717) is 49.2 Å². The molecule has 5 atom stereocenters. The van der Waals surface area contributed by atoms with Gasteiger partial charge in [0.25, 0.3) is 11.8 Å². The quantitative estimate of drug-likeness (QED) is 0.0625. The first kappa shape index (κ1) is 50.3. The number of carbonyl (C=O) groups is 2. The number of aromatic amines is 2. The van der Waals surface area contributed by atoms with Crippen LogP contribution in [-0.2, 0) is 9.47 Å². The van der Waals surface area contributed by atoms with Gasteiger partial charge in [0.2, 0.25) is 0 Å². The lowest BCUT2D eigenvalue weighted by atomic mass is 9.92. The van der Waals surface area contributed by atoms with Crippen LogP contribution in [0.25, 0.3) is 22.1 Å². The van der Waals surface area contributed by atoms with E-state index in [1.165, 1.54) is 0 Å². The van der Waals surface area contributed by atoms with Gasteiger partial charge in [-0.05, 0) is 97.4 Å². The minimum atomic E-state index is -0.541. The largest absolute Gasteiger partial charge is 0.461 e. The number of aromatic nitrogens is 10. The summed E-state index contributed by atoms with van der Waals surface area (Å²) >= 11 is 0. The number of pyridine rings is 2. The van der Waals surface area contributed by atoms with Crippen molar-refractivity contribution in [1.29, 1.82) is 0 Å². The van der Waals surface area contributed by atoms with Crippen molar-refractivity contribution in [2.75, 3.05) is 69.5 Å². The summed E-state index contributed by atoms with van der Waals surface area (Å²) in [4.78, 5) is 59.0. The van der Waals surface area contributed by atoms with Crippen LogP contribution in [0.4, 0.5) is 11.6 Å². The van der Waals surface area contributed by atoms with E-state index in [4.69, 9.17) is 28.9 Å². The molecule has 0 aliphatic carbocycles. The van der Waals surface area contributed by atoms with E-state index in [1.807, 2.05) is 45.9 Å². The molecule has 6 N–H and O–H groups in total. The highest BCUT2D eigenvalue weighted by Crippen LogP contribution is 2.35. The van der Waals surface area contributed by atoms with E-state index in [9.17, 15) is 14.7 Å². The number of methoxy groups -OCH3 is 1. The van der Waals surface area contributed by atoms with E-state index < -0.39 is 17.5 Å². The van der Waals surface area contributed by atoms with Crippen molar-refractivity contribution in [1.82, 2.24) is 66.2 Å². The third kappa shape index (κ3) is 11.8. The minimum absolute atomic E-state index is 0.0820. The van der Waals surface area contributed by atoms with E-state index >= 15 is 0 Å². The normalized spacial score (nSPS) is 19.4. The molecule has 3 aliphatic heterocycles. The number of amides is 2. The molecule has 2 amide bonds. The highest BCUT2D eigenvalue weighted by molar-refractivity contribution is 5.94. The van der Waals surface area contributed by atoms with Gasteiger partial charge in [0.05, 0.1) is 25.4 Å². The molecule has 22 nitrogen and oxygen atoms in total. The summed E-state index contributed by atoms with van der Waals surface area (Å²) in [7, 11) is 1.61. The summed E-state index contributed by atoms with van der Waals surface area (Å²) in [6.07, 6.45) is 7.80. The molecule has 3 fully saturated rings. The fourth-order valence-corrected chi connectivity index (χ4v) is 9.65. The molecule has 3 aliphatic rings. The predicted molar refractivity (Wildman–Crippen MR) is 269 cm³/mol. The Bertz CT molecular complexity index is 2790. The summed E-state index contributed by atoms with van der Waals surface area (Å²) in [5.74, 6) is 1.00. The molecule has 72 heavy (non-hydrogen) atoms. The van der Waals surface area contributed by atoms with Gasteiger partial charge in [-0.1, -0.05) is 0 Å². The van der Waals surface area contributed by atoms with Crippen LogP contribution in [0.2, 0.25) is 0 Å². The van der Waals surface area contributed by atoms with E-state index in [2.05, 4.69) is 72.1 Å². The van der Waals surface area contributed by atoms with Crippen molar-refractivity contribution in [3.05, 3.63) is 71.6 Å². The number of nitrogens with one attached hydrogen (secondary N) is 5. The maximum absolute atomic E-state index is 14.0. The molecule has 6 aromatic heterocycles. The Morgan fingerprint density at radius 2 is 1.32 bits per heavy atom. The van der Waals surface area contributed by atoms with Crippen LogP contribution in [0.1, 0.15) is 117 Å². The molecule has 0 spiro atoms. The number of fused-ring (bicyclic) bond motifs is 2. The van der Waals surface area contributed by atoms with Gasteiger partial charge in [0, 0.05) is 116 Å². The van der Waals surface area contributed by atoms with Gasteiger partial charge in [-0.3, -0.25) is 19.8 Å². The molecule has 384 valence electrons. The molecule has 3 saturated heterocycles. The smallest absolute Gasteiger partial charge is 0.319 e. The van der Waals surface area contributed by atoms with E-state index in [-0.39, 0.29) is 78.7 Å². The molecular formula is C50H67N15O7. The van der Waals surface area contributed by atoms with Crippen LogP contribution >= 0.6 is 0 Å². The van der Waals surface area contributed by atoms with Crippen molar-refractivity contribution < 1.29 is 33.6 Å². The van der Waals surface area contributed by atoms with Crippen LogP contribution < -0.4 is 35.2 Å². The number of hydrogen-bond donors (Lipinski definition) is 6. The van der Waals surface area contributed by atoms with Gasteiger partial charge in [-0.15, -0.1) is 0 Å². The zero-order valence-electron chi connectivity index (χ0n) is 41.9. The molecular weight excluding hydrogens is 923 g/mol. The van der Waals surface area contributed by atoms with Gasteiger partial charge < -0.3 is 49.8 Å². The number of nitrogens with zero attached hydrogens (tertiary/aromatic N) is 10. The Morgan fingerprint density at radius 1 is 0.778 bits per heavy atom. The maximum Gasteiger partial charge on any atom is 0.319 e. The van der Waals surface area contributed by atoms with Gasteiger partial charge in [-0.25, -0.2) is 9.97 Å². The van der Waals surface area contributed by atoms with Crippen molar-refractivity contribution in [3.63, 3.8) is 0 Å². The average molecular weight is 990 g/mol. The summed E-state index contributed by atoms with van der Waals surface area (Å²) < 4.78 is 24.0. The van der Waals surface area contributed by atoms with Gasteiger partial charge >= 0.3 is 12.0 Å². The summed E-state index contributed by atoms with van der Waals surface area (Å²) in [5.41, 5.74) is 3.43. The van der Waals surface area contributed by atoms with Crippen molar-refractivity contribution in [3.8, 4) is 12.0 Å². The molecule has 0 radical (unpaired) electrons. The van der Waals surface area contributed by atoms with Gasteiger partial charge in [0.1, 0.15) is 35.7 Å². The molecule has 0 aromatic carbocycles. The van der Waals surface area contributed by atoms with Gasteiger partial charge in [-0.2, -0.15) is 30.1 Å². The van der Waals surface area contributed by atoms with Crippen LogP contribution in [-0.4, -0.2) is 163 Å². The Balaban J connectivity index is 0.787. The number of anilines is 2. The van der Waals surface area contributed by atoms with Crippen molar-refractivity contribution in [2.24, 2.45) is 0 Å². The lowest BCUT2D eigenvalue weighted by molar-refractivity contribution is 0.0130. The number of H-pyrrole nitrogens is 2. The Morgan fingerprint density at radius 3 is 1.89 bits per heavy atom. The fraction of sp³-hybridized carbons (Fsp3) is 0.560. The van der Waals surface area contributed by atoms with E-state index in [1.54, 1.807) is 38.6 Å². The number of ether oxygens (including phenoxy) is 4. The number of piperidine rings is 2. The summed E-state index contributed by atoms with van der Waals surface area (Å²) in [5, 5.41) is 36.5. The third-order valence-electron chi connectivity index (χ3n) is 14.2. The monoisotopic (exact) mass is 990 g/mol. The predicted octanol–water partition coefficient (Wildman–Crippen LogP) is 4.21. The first-order valence-corrected chi connectivity index (χ1v) is 25.1. The van der Waals surface area contributed by atoms with Crippen molar-refractivity contribution in [2.45, 2.75) is 121 Å². The highest BCUT2D eigenvalue weighted by Gasteiger charge is 2.33. The van der Waals surface area contributed by atoms with Crippen LogP contribution in [0.3, 0.4) is 0 Å². The summed E-state index contributed by atoms with van der Waals surface area (Å²) in [6.45, 7) is 13.3. The standard InChI is InChI=1S/C50H67N15O7/c1-29(26-66)54-46(67)38-23-40(64-19-13-32(14-20-64)42-36-9-7-17-51-44(36)62-60-42)58-48(56-38)70-28-35-12-11-34(72-35)25-53-50(4,5)31(3)55-47(68)39-24-41(59-49(57-39)71-30(2)27-69-6)65-21-15-33(16-22-65)43-37-10-8-18-52-45(37)63-61-43/h7-10,17-18,23-24,29-35,53,66H,11-16,19-22,25-28H2,1-6H3,(H,54,67)(H,55,68)(H,51,60,62)(H,52,61,63)/t29-,30-,31+,34?,35?/m1/s1. The topological polar surface area (TPSA) is 269 Å². The van der Waals surface area contributed by atoms with Crippen molar-refractivity contribution >= 4 is 45.5 Å². The Kier molecular flexibility index (Phi) is 15.7. The number of carbonyl (C=O) groups excluding carboxylic acids is 2. The lowest BCUT2D eigenvalue weighted by Gasteiger charge is -2.35. The highest BCUT2D eigenvalue weighted by atomic mass is 16.6. The average Bonchev–Trinajstić information content (AvgIpc) is 4.17. The Hall–Kier alpha value is -6.62. The summed E-state index contributed by atoms with van der Waals surface area (Å²) in [6, 6.07) is 10.8.